The van der Waals surface area contributed by atoms with E-state index in [0.717, 1.165) is 16.3 Å². The summed E-state index contributed by atoms with van der Waals surface area (Å²) in [5.74, 6) is -0.323. The quantitative estimate of drug-likeness (QED) is 0.563. The Morgan fingerprint density at radius 1 is 0.880 bits per heavy atom. The number of nitrogens with zero attached hydrogens (tertiary/aromatic N) is 2. The van der Waals surface area contributed by atoms with Gasteiger partial charge in [-0.3, -0.25) is 4.79 Å². The molecule has 0 unspecified atom stereocenters. The van der Waals surface area contributed by atoms with Crippen LogP contribution in [-0.4, -0.2) is 9.78 Å². The van der Waals surface area contributed by atoms with Crippen LogP contribution in [0.2, 0.25) is 0 Å². The molecule has 1 aromatic heterocycles. The Morgan fingerprint density at radius 2 is 1.68 bits per heavy atom. The first-order valence-electron chi connectivity index (χ1n) is 8.01. The molecule has 0 bridgehead atoms. The first-order valence-corrected chi connectivity index (χ1v) is 8.01. The Balaban J connectivity index is 1.80. The molecule has 4 aromatic rings. The Bertz CT molecular complexity index is 1110. The standard InChI is InChI=1S/C21H15FN2O/c22-17-8-3-5-15(13-17)14-24-21(25)12-11-20(23-24)19-10-4-7-16-6-1-2-9-18(16)19/h1-13H,14H2. The number of aromatic nitrogens is 2. The zero-order valence-corrected chi connectivity index (χ0v) is 13.4. The van der Waals surface area contributed by atoms with Crippen molar-refractivity contribution < 1.29 is 4.39 Å². The molecule has 0 atom stereocenters. The molecule has 0 fully saturated rings. The minimum Gasteiger partial charge on any atom is -0.268 e. The Morgan fingerprint density at radius 3 is 2.56 bits per heavy atom. The van der Waals surface area contributed by atoms with Gasteiger partial charge in [0.2, 0.25) is 0 Å². The maximum Gasteiger partial charge on any atom is 0.267 e. The normalized spacial score (nSPS) is 10.9. The summed E-state index contributed by atoms with van der Waals surface area (Å²) in [6.07, 6.45) is 0. The third-order valence-electron chi connectivity index (χ3n) is 4.15. The summed E-state index contributed by atoms with van der Waals surface area (Å²) >= 11 is 0. The predicted octanol–water partition coefficient (Wildman–Crippen LogP) is 4.25. The highest BCUT2D eigenvalue weighted by Crippen LogP contribution is 2.26. The molecule has 0 aliphatic carbocycles. The van der Waals surface area contributed by atoms with Gasteiger partial charge in [0.25, 0.3) is 5.56 Å². The SMILES string of the molecule is O=c1ccc(-c2cccc3ccccc23)nn1Cc1cccc(F)c1. The summed E-state index contributed by atoms with van der Waals surface area (Å²) in [5.41, 5.74) is 2.16. The topological polar surface area (TPSA) is 34.9 Å². The number of benzene rings is 3. The molecule has 0 saturated heterocycles. The van der Waals surface area contributed by atoms with Crippen molar-refractivity contribution >= 4 is 10.8 Å². The lowest BCUT2D eigenvalue weighted by molar-refractivity contribution is 0.612. The van der Waals surface area contributed by atoms with Crippen LogP contribution in [0.15, 0.2) is 83.7 Å². The van der Waals surface area contributed by atoms with E-state index in [1.54, 1.807) is 18.2 Å². The predicted molar refractivity (Wildman–Crippen MR) is 96.9 cm³/mol. The van der Waals surface area contributed by atoms with Gasteiger partial charge in [-0.15, -0.1) is 0 Å². The highest BCUT2D eigenvalue weighted by atomic mass is 19.1. The lowest BCUT2D eigenvalue weighted by Gasteiger charge is -2.09. The van der Waals surface area contributed by atoms with Crippen LogP contribution in [0.4, 0.5) is 4.39 Å². The zero-order valence-electron chi connectivity index (χ0n) is 13.4. The van der Waals surface area contributed by atoms with E-state index in [0.29, 0.717) is 11.3 Å². The van der Waals surface area contributed by atoms with Gasteiger partial charge in [0, 0.05) is 11.6 Å². The van der Waals surface area contributed by atoms with Gasteiger partial charge in [-0.05, 0) is 34.5 Å². The van der Waals surface area contributed by atoms with Crippen molar-refractivity contribution in [3.05, 3.63) is 101 Å². The average molecular weight is 330 g/mol. The van der Waals surface area contributed by atoms with Gasteiger partial charge < -0.3 is 0 Å². The summed E-state index contributed by atoms with van der Waals surface area (Å²) < 4.78 is 14.7. The molecule has 3 aromatic carbocycles. The van der Waals surface area contributed by atoms with E-state index in [2.05, 4.69) is 5.10 Å². The van der Waals surface area contributed by atoms with Crippen molar-refractivity contribution in [2.45, 2.75) is 6.54 Å². The number of hydrogen-bond donors (Lipinski definition) is 0. The Labute approximate surface area is 144 Å². The van der Waals surface area contributed by atoms with Gasteiger partial charge in [-0.2, -0.15) is 5.10 Å². The van der Waals surface area contributed by atoms with E-state index in [9.17, 15) is 9.18 Å². The molecular weight excluding hydrogens is 315 g/mol. The summed E-state index contributed by atoms with van der Waals surface area (Å²) in [4.78, 5) is 12.2. The average Bonchev–Trinajstić information content (AvgIpc) is 2.63. The van der Waals surface area contributed by atoms with E-state index >= 15 is 0 Å². The van der Waals surface area contributed by atoms with Crippen LogP contribution in [0.25, 0.3) is 22.0 Å². The summed E-state index contributed by atoms with van der Waals surface area (Å²) in [6.45, 7) is 0.231. The molecule has 1 heterocycles. The molecule has 0 spiro atoms. The van der Waals surface area contributed by atoms with Gasteiger partial charge in [0.1, 0.15) is 5.82 Å². The van der Waals surface area contributed by atoms with E-state index in [1.807, 2.05) is 42.5 Å². The smallest absolute Gasteiger partial charge is 0.267 e. The second-order valence-corrected chi connectivity index (χ2v) is 5.87. The fourth-order valence-corrected chi connectivity index (χ4v) is 2.96. The van der Waals surface area contributed by atoms with Crippen LogP contribution in [-0.2, 0) is 6.54 Å². The van der Waals surface area contributed by atoms with E-state index in [4.69, 9.17) is 0 Å². The van der Waals surface area contributed by atoms with Crippen molar-refractivity contribution in [3.63, 3.8) is 0 Å². The Kier molecular flexibility index (Phi) is 3.86. The van der Waals surface area contributed by atoms with Crippen molar-refractivity contribution in [2.75, 3.05) is 0 Å². The van der Waals surface area contributed by atoms with Crippen molar-refractivity contribution in [2.24, 2.45) is 0 Å². The van der Waals surface area contributed by atoms with Crippen LogP contribution in [0, 0.1) is 5.82 Å². The fraction of sp³-hybridized carbons (Fsp3) is 0.0476. The van der Waals surface area contributed by atoms with Crippen LogP contribution >= 0.6 is 0 Å². The fourth-order valence-electron chi connectivity index (χ4n) is 2.96. The molecule has 0 N–H and O–H groups in total. The molecular formula is C21H15FN2O. The minimum absolute atomic E-state index is 0.215. The highest BCUT2D eigenvalue weighted by Gasteiger charge is 2.08. The number of rotatable bonds is 3. The largest absolute Gasteiger partial charge is 0.268 e. The lowest BCUT2D eigenvalue weighted by atomic mass is 10.0. The van der Waals surface area contributed by atoms with Gasteiger partial charge in [-0.25, -0.2) is 9.07 Å². The van der Waals surface area contributed by atoms with Crippen LogP contribution in [0.1, 0.15) is 5.56 Å². The third kappa shape index (κ3) is 3.06. The van der Waals surface area contributed by atoms with Crippen LogP contribution in [0.3, 0.4) is 0 Å². The number of hydrogen-bond acceptors (Lipinski definition) is 2. The molecule has 0 aliphatic rings. The molecule has 122 valence electrons. The molecule has 0 radical (unpaired) electrons. The van der Waals surface area contributed by atoms with Crippen molar-refractivity contribution in [3.8, 4) is 11.3 Å². The monoisotopic (exact) mass is 330 g/mol. The summed E-state index contributed by atoms with van der Waals surface area (Å²) in [5, 5.41) is 6.69. The van der Waals surface area contributed by atoms with E-state index < -0.39 is 0 Å². The molecule has 4 heteroatoms. The first kappa shape index (κ1) is 15.3. The van der Waals surface area contributed by atoms with Gasteiger partial charge in [-0.1, -0.05) is 54.6 Å². The zero-order chi connectivity index (χ0) is 17.2. The van der Waals surface area contributed by atoms with Gasteiger partial charge in [0.15, 0.2) is 0 Å². The Hall–Kier alpha value is -3.27. The maximum absolute atomic E-state index is 13.4. The van der Waals surface area contributed by atoms with Crippen LogP contribution < -0.4 is 5.56 Å². The molecule has 0 saturated carbocycles. The summed E-state index contributed by atoms with van der Waals surface area (Å²) in [6, 6.07) is 23.5. The second kappa shape index (κ2) is 6.32. The van der Waals surface area contributed by atoms with Crippen molar-refractivity contribution in [1.29, 1.82) is 0 Å². The van der Waals surface area contributed by atoms with Crippen LogP contribution in [0.5, 0.6) is 0 Å². The number of fused-ring (bicyclic) bond motifs is 1. The maximum atomic E-state index is 13.4. The molecule has 3 nitrogen and oxygen atoms in total. The highest BCUT2D eigenvalue weighted by molar-refractivity contribution is 5.95. The second-order valence-electron chi connectivity index (χ2n) is 5.87. The number of halogens is 1. The van der Waals surface area contributed by atoms with Gasteiger partial charge >= 0.3 is 0 Å². The lowest BCUT2D eigenvalue weighted by Crippen LogP contribution is -2.22. The van der Waals surface area contributed by atoms with Gasteiger partial charge in [0.05, 0.1) is 12.2 Å². The molecule has 0 aliphatic heterocycles. The first-order chi connectivity index (χ1) is 12.2. The van der Waals surface area contributed by atoms with Crippen molar-refractivity contribution in [1.82, 2.24) is 9.78 Å². The third-order valence-corrected chi connectivity index (χ3v) is 4.15. The van der Waals surface area contributed by atoms with E-state index in [1.165, 1.54) is 22.9 Å². The minimum atomic E-state index is -0.323. The molecule has 25 heavy (non-hydrogen) atoms. The van der Waals surface area contributed by atoms with E-state index in [-0.39, 0.29) is 17.9 Å². The molecule has 0 amide bonds. The molecule has 4 rings (SSSR count). The summed E-state index contributed by atoms with van der Waals surface area (Å²) in [7, 11) is 0.